The molecule has 58 valence electrons. The van der Waals surface area contributed by atoms with Crippen LogP contribution in [0.1, 0.15) is 19.8 Å². The van der Waals surface area contributed by atoms with Gasteiger partial charge in [-0.25, -0.2) is 0 Å². The summed E-state index contributed by atoms with van der Waals surface area (Å²) in [5.41, 5.74) is -1.17. The molecule has 0 heterocycles. The second-order valence-electron chi connectivity index (χ2n) is 2.56. The van der Waals surface area contributed by atoms with Gasteiger partial charge in [0.05, 0.1) is 6.42 Å². The monoisotopic (exact) mass is 150 g/mol. The van der Waals surface area contributed by atoms with Crippen LogP contribution in [0.2, 0.25) is 0 Å². The second-order valence-corrected chi connectivity index (χ2v) is 2.56. The molecule has 0 bridgehead atoms. The topological polar surface area (TPSA) is 37.3 Å². The maximum atomic E-state index is 10.7. The molecule has 0 radical (unpaired) electrons. The van der Waals surface area contributed by atoms with Gasteiger partial charge in [0.25, 0.3) is 0 Å². The maximum absolute atomic E-state index is 10.7. The Morgan fingerprint density at radius 2 is 2.55 bits per heavy atom. The van der Waals surface area contributed by atoms with Gasteiger partial charge in [0.15, 0.2) is 11.4 Å². The molecule has 2 heteroatoms. The van der Waals surface area contributed by atoms with E-state index in [0.717, 1.165) is 0 Å². The molecule has 1 atom stereocenters. The number of hydrogen-bond acceptors (Lipinski definition) is 2. The van der Waals surface area contributed by atoms with E-state index >= 15 is 0 Å². The zero-order valence-corrected chi connectivity index (χ0v) is 6.42. The summed E-state index contributed by atoms with van der Waals surface area (Å²) in [5.74, 6) is 5.33. The normalized spacial score (nSPS) is 28.4. The van der Waals surface area contributed by atoms with Gasteiger partial charge in [-0.05, 0) is 12.2 Å². The summed E-state index contributed by atoms with van der Waals surface area (Å²) in [6.45, 7) is 1.90. The average Bonchev–Trinajstić information content (AvgIpc) is 2.28. The zero-order valence-electron chi connectivity index (χ0n) is 6.42. The molecule has 0 amide bonds. The highest BCUT2D eigenvalue weighted by Gasteiger charge is 2.28. The van der Waals surface area contributed by atoms with Crippen molar-refractivity contribution in [2.24, 2.45) is 0 Å². The van der Waals surface area contributed by atoms with Crippen LogP contribution in [-0.4, -0.2) is 16.5 Å². The molecule has 0 spiro atoms. The lowest BCUT2D eigenvalue weighted by Gasteiger charge is -2.09. The van der Waals surface area contributed by atoms with Gasteiger partial charge in [0.2, 0.25) is 0 Å². The maximum Gasteiger partial charge on any atom is 0.159 e. The Hall–Kier alpha value is -1.07. The smallest absolute Gasteiger partial charge is 0.159 e. The molecule has 1 aliphatic carbocycles. The number of aliphatic hydroxyl groups is 1. The summed E-state index contributed by atoms with van der Waals surface area (Å²) in [4.78, 5) is 10.7. The van der Waals surface area contributed by atoms with Crippen molar-refractivity contribution >= 4 is 5.78 Å². The summed E-state index contributed by atoms with van der Waals surface area (Å²) in [6, 6.07) is 0. The van der Waals surface area contributed by atoms with E-state index in [4.69, 9.17) is 0 Å². The van der Waals surface area contributed by atoms with Crippen molar-refractivity contribution in [1.29, 1.82) is 0 Å². The van der Waals surface area contributed by atoms with Crippen LogP contribution in [0, 0.1) is 11.8 Å². The number of hydrogen-bond donors (Lipinski definition) is 1. The van der Waals surface area contributed by atoms with Gasteiger partial charge in [-0.3, -0.25) is 4.79 Å². The Labute approximate surface area is 65.9 Å². The van der Waals surface area contributed by atoms with Crippen molar-refractivity contribution < 1.29 is 9.90 Å². The summed E-state index contributed by atoms with van der Waals surface area (Å²) in [5, 5.41) is 9.51. The molecule has 0 saturated carbocycles. The fraction of sp³-hybridized carbons (Fsp3) is 0.444. The first-order valence-electron chi connectivity index (χ1n) is 3.61. The van der Waals surface area contributed by atoms with Crippen LogP contribution in [0.3, 0.4) is 0 Å². The molecule has 0 aromatic rings. The lowest BCUT2D eigenvalue weighted by molar-refractivity contribution is -0.115. The van der Waals surface area contributed by atoms with Gasteiger partial charge in [-0.1, -0.05) is 12.8 Å². The predicted octanol–water partition coefficient (Wildman–Crippen LogP) is 0.660. The largest absolute Gasteiger partial charge is 0.374 e. The third-order valence-corrected chi connectivity index (χ3v) is 1.47. The van der Waals surface area contributed by atoms with E-state index < -0.39 is 5.60 Å². The van der Waals surface area contributed by atoms with E-state index in [2.05, 4.69) is 11.8 Å². The van der Waals surface area contributed by atoms with Crippen molar-refractivity contribution in [2.45, 2.75) is 25.4 Å². The molecule has 0 aromatic heterocycles. The molecule has 2 nitrogen and oxygen atoms in total. The number of carbonyl (C=O) groups excluding carboxylic acids is 1. The third kappa shape index (κ3) is 1.92. The third-order valence-electron chi connectivity index (χ3n) is 1.47. The lowest BCUT2D eigenvalue weighted by atomic mass is 10.0. The quantitative estimate of drug-likeness (QED) is 0.515. The number of carbonyl (C=O) groups is 1. The first kappa shape index (κ1) is 8.03. The van der Waals surface area contributed by atoms with E-state index in [9.17, 15) is 9.90 Å². The van der Waals surface area contributed by atoms with Gasteiger partial charge in [0.1, 0.15) is 0 Å². The van der Waals surface area contributed by atoms with Gasteiger partial charge in [0, 0.05) is 6.42 Å². The molecule has 11 heavy (non-hydrogen) atoms. The Kier molecular flexibility index (Phi) is 2.11. The Balaban J connectivity index is 2.71. The molecule has 0 fully saturated rings. The number of rotatable bonds is 0. The van der Waals surface area contributed by atoms with Gasteiger partial charge in [-0.15, -0.1) is 5.92 Å². The van der Waals surface area contributed by atoms with Crippen LogP contribution in [0.4, 0.5) is 0 Å². The van der Waals surface area contributed by atoms with E-state index in [-0.39, 0.29) is 12.2 Å². The minimum Gasteiger partial charge on any atom is -0.374 e. The lowest BCUT2D eigenvalue weighted by Crippen LogP contribution is -2.21. The SMILES string of the molecule is CCC#CC1(O)C=CC(=O)C1. The molecule has 0 aliphatic heterocycles. The first-order chi connectivity index (χ1) is 5.16. The van der Waals surface area contributed by atoms with Crippen LogP contribution in [-0.2, 0) is 4.79 Å². The van der Waals surface area contributed by atoms with Crippen LogP contribution >= 0.6 is 0 Å². The molecule has 1 N–H and O–H groups in total. The van der Waals surface area contributed by atoms with E-state index in [1.165, 1.54) is 12.2 Å². The predicted molar refractivity (Wildman–Crippen MR) is 41.8 cm³/mol. The standard InChI is InChI=1S/C9H10O2/c1-2-3-5-9(11)6-4-8(10)7-9/h4,6,11H,2,7H2,1H3. The van der Waals surface area contributed by atoms with Crippen molar-refractivity contribution in [3.8, 4) is 11.8 Å². The van der Waals surface area contributed by atoms with Gasteiger partial charge >= 0.3 is 0 Å². The van der Waals surface area contributed by atoms with Crippen molar-refractivity contribution in [3.63, 3.8) is 0 Å². The first-order valence-corrected chi connectivity index (χ1v) is 3.61. The average molecular weight is 150 g/mol. The minimum atomic E-state index is -1.17. The molecular formula is C9H10O2. The highest BCUT2D eigenvalue weighted by molar-refractivity contribution is 5.94. The summed E-state index contributed by atoms with van der Waals surface area (Å²) < 4.78 is 0. The molecule has 1 aliphatic rings. The zero-order chi connectivity index (χ0) is 8.32. The molecule has 1 unspecified atom stereocenters. The van der Waals surface area contributed by atoms with E-state index in [0.29, 0.717) is 6.42 Å². The van der Waals surface area contributed by atoms with Crippen LogP contribution in [0.25, 0.3) is 0 Å². The Morgan fingerprint density at radius 1 is 1.82 bits per heavy atom. The Morgan fingerprint density at radius 3 is 3.00 bits per heavy atom. The summed E-state index contributed by atoms with van der Waals surface area (Å²) in [6.07, 6.45) is 3.65. The fourth-order valence-corrected chi connectivity index (χ4v) is 0.942. The highest BCUT2D eigenvalue weighted by atomic mass is 16.3. The van der Waals surface area contributed by atoms with Crippen LogP contribution in [0.15, 0.2) is 12.2 Å². The second kappa shape index (κ2) is 2.89. The van der Waals surface area contributed by atoms with Crippen molar-refractivity contribution in [3.05, 3.63) is 12.2 Å². The van der Waals surface area contributed by atoms with Crippen LogP contribution < -0.4 is 0 Å². The Bertz CT molecular complexity index is 254. The van der Waals surface area contributed by atoms with E-state index in [1.807, 2.05) is 6.92 Å². The molecule has 0 aromatic carbocycles. The summed E-state index contributed by atoms with van der Waals surface area (Å²) in [7, 11) is 0. The molecular weight excluding hydrogens is 140 g/mol. The van der Waals surface area contributed by atoms with Crippen molar-refractivity contribution in [2.75, 3.05) is 0 Å². The number of ketones is 1. The highest BCUT2D eigenvalue weighted by Crippen LogP contribution is 2.18. The molecule has 0 saturated heterocycles. The van der Waals surface area contributed by atoms with Gasteiger partial charge in [-0.2, -0.15) is 0 Å². The summed E-state index contributed by atoms with van der Waals surface area (Å²) >= 11 is 0. The molecule has 1 rings (SSSR count). The van der Waals surface area contributed by atoms with E-state index in [1.54, 1.807) is 0 Å². The number of allylic oxidation sites excluding steroid dienone is 1. The van der Waals surface area contributed by atoms with Crippen molar-refractivity contribution in [1.82, 2.24) is 0 Å². The van der Waals surface area contributed by atoms with Crippen LogP contribution in [0.5, 0.6) is 0 Å². The minimum absolute atomic E-state index is 0.0575. The van der Waals surface area contributed by atoms with Gasteiger partial charge < -0.3 is 5.11 Å². The fourth-order valence-electron chi connectivity index (χ4n) is 0.942.